The summed E-state index contributed by atoms with van der Waals surface area (Å²) in [5, 5.41) is 6.45. The SMILES string of the molecule is COc1ccccc1[C@@H]1NC(=NC[C@H]2CCCO2)Nc2nc(C)cc(=O)n21. The summed E-state index contributed by atoms with van der Waals surface area (Å²) in [4.78, 5) is 21.8. The van der Waals surface area contributed by atoms with Crippen molar-refractivity contribution in [2.45, 2.75) is 32.0 Å². The van der Waals surface area contributed by atoms with E-state index in [1.165, 1.54) is 6.07 Å². The van der Waals surface area contributed by atoms with Crippen LogP contribution in [0.2, 0.25) is 0 Å². The van der Waals surface area contributed by atoms with Crippen LogP contribution < -0.4 is 20.9 Å². The summed E-state index contributed by atoms with van der Waals surface area (Å²) in [6.07, 6.45) is 1.75. The van der Waals surface area contributed by atoms with Gasteiger partial charge in [-0.05, 0) is 25.8 Å². The molecule has 2 aliphatic rings. The number of fused-ring (bicyclic) bond motifs is 1. The van der Waals surface area contributed by atoms with Gasteiger partial charge in [0.15, 0.2) is 5.96 Å². The van der Waals surface area contributed by atoms with Crippen molar-refractivity contribution in [3.8, 4) is 5.75 Å². The van der Waals surface area contributed by atoms with Gasteiger partial charge < -0.3 is 14.8 Å². The molecule has 0 spiro atoms. The fraction of sp³-hybridized carbons (Fsp3) is 0.421. The molecular formula is C19H23N5O3. The minimum Gasteiger partial charge on any atom is -0.496 e. The Balaban J connectivity index is 1.74. The van der Waals surface area contributed by atoms with Crippen molar-refractivity contribution >= 4 is 11.9 Å². The second kappa shape index (κ2) is 7.40. The maximum Gasteiger partial charge on any atom is 0.257 e. The topological polar surface area (TPSA) is 89.8 Å². The molecule has 8 heteroatoms. The van der Waals surface area contributed by atoms with Crippen molar-refractivity contribution in [1.29, 1.82) is 0 Å². The first kappa shape index (κ1) is 17.5. The number of ether oxygens (including phenoxy) is 2. The molecule has 4 rings (SSSR count). The highest BCUT2D eigenvalue weighted by molar-refractivity contribution is 5.93. The molecule has 2 atom stereocenters. The molecule has 1 aromatic heterocycles. The Labute approximate surface area is 157 Å². The van der Waals surface area contributed by atoms with E-state index in [9.17, 15) is 4.79 Å². The smallest absolute Gasteiger partial charge is 0.257 e. The number of methoxy groups -OCH3 is 1. The summed E-state index contributed by atoms with van der Waals surface area (Å²) in [5.74, 6) is 1.72. The molecule has 0 amide bonds. The number of anilines is 1. The van der Waals surface area contributed by atoms with Gasteiger partial charge in [-0.3, -0.25) is 19.7 Å². The molecule has 0 aliphatic carbocycles. The van der Waals surface area contributed by atoms with Crippen LogP contribution in [-0.4, -0.2) is 41.9 Å². The first-order valence-corrected chi connectivity index (χ1v) is 9.08. The summed E-state index contributed by atoms with van der Waals surface area (Å²) in [6.45, 7) is 3.15. The van der Waals surface area contributed by atoms with E-state index >= 15 is 0 Å². The highest BCUT2D eigenvalue weighted by atomic mass is 16.5. The minimum absolute atomic E-state index is 0.139. The van der Waals surface area contributed by atoms with Gasteiger partial charge in [-0.25, -0.2) is 4.98 Å². The van der Waals surface area contributed by atoms with Crippen molar-refractivity contribution in [2.75, 3.05) is 25.6 Å². The van der Waals surface area contributed by atoms with E-state index in [4.69, 9.17) is 9.47 Å². The van der Waals surface area contributed by atoms with Gasteiger partial charge in [0.25, 0.3) is 5.56 Å². The Kier molecular flexibility index (Phi) is 4.81. The van der Waals surface area contributed by atoms with Crippen molar-refractivity contribution in [3.63, 3.8) is 0 Å². The number of para-hydroxylation sites is 1. The van der Waals surface area contributed by atoms with Gasteiger partial charge >= 0.3 is 0 Å². The lowest BCUT2D eigenvalue weighted by Gasteiger charge is -2.31. The Morgan fingerprint density at radius 2 is 2.26 bits per heavy atom. The molecule has 1 aromatic carbocycles. The van der Waals surface area contributed by atoms with Crippen molar-refractivity contribution in [1.82, 2.24) is 14.9 Å². The van der Waals surface area contributed by atoms with E-state index in [-0.39, 0.29) is 11.7 Å². The first-order valence-electron chi connectivity index (χ1n) is 9.08. The molecule has 0 saturated carbocycles. The second-order valence-electron chi connectivity index (χ2n) is 6.67. The summed E-state index contributed by atoms with van der Waals surface area (Å²) < 4.78 is 12.7. The summed E-state index contributed by atoms with van der Waals surface area (Å²) in [7, 11) is 1.61. The standard InChI is InChI=1S/C19H23N5O3/c1-12-10-16(25)24-17(14-7-3-4-8-15(14)26-2)22-18(23-19(24)21-12)20-11-13-6-5-9-27-13/h3-4,7-8,10,13,17H,5-6,9,11H2,1-2H3,(H2,20,21,22,23)/t13-,17-/m1/s1. The maximum atomic E-state index is 12.7. The molecule has 1 saturated heterocycles. The summed E-state index contributed by atoms with van der Waals surface area (Å²) >= 11 is 0. The lowest BCUT2D eigenvalue weighted by molar-refractivity contribution is 0.117. The van der Waals surface area contributed by atoms with Crippen LogP contribution in [0, 0.1) is 6.92 Å². The number of nitrogens with one attached hydrogen (secondary N) is 2. The summed E-state index contributed by atoms with van der Waals surface area (Å²) in [5.41, 5.74) is 1.34. The van der Waals surface area contributed by atoms with Crippen LogP contribution in [0.5, 0.6) is 5.75 Å². The van der Waals surface area contributed by atoms with Gasteiger partial charge in [-0.15, -0.1) is 0 Å². The van der Waals surface area contributed by atoms with E-state index in [0.717, 1.165) is 25.0 Å². The summed E-state index contributed by atoms with van der Waals surface area (Å²) in [6, 6.07) is 9.12. The lowest BCUT2D eigenvalue weighted by Crippen LogP contribution is -2.48. The number of hydrogen-bond acceptors (Lipinski definition) is 5. The van der Waals surface area contributed by atoms with Gasteiger partial charge in [-0.1, -0.05) is 18.2 Å². The molecule has 0 unspecified atom stereocenters. The number of aryl methyl sites for hydroxylation is 1. The molecule has 2 aromatic rings. The number of benzene rings is 1. The van der Waals surface area contributed by atoms with E-state index in [2.05, 4.69) is 20.6 Å². The van der Waals surface area contributed by atoms with Gasteiger partial charge in [0.2, 0.25) is 5.95 Å². The second-order valence-corrected chi connectivity index (χ2v) is 6.67. The number of hydrogen-bond donors (Lipinski definition) is 2. The fourth-order valence-corrected chi connectivity index (χ4v) is 3.46. The third-order valence-corrected chi connectivity index (χ3v) is 4.75. The Morgan fingerprint density at radius 3 is 3.04 bits per heavy atom. The Hall–Kier alpha value is -2.87. The minimum atomic E-state index is -0.471. The average Bonchev–Trinajstić information content (AvgIpc) is 3.19. The van der Waals surface area contributed by atoms with E-state index in [0.29, 0.717) is 29.9 Å². The molecular weight excluding hydrogens is 346 g/mol. The van der Waals surface area contributed by atoms with Gasteiger partial charge in [-0.2, -0.15) is 0 Å². The number of aromatic nitrogens is 2. The van der Waals surface area contributed by atoms with Crippen LogP contribution in [0.3, 0.4) is 0 Å². The fourth-order valence-electron chi connectivity index (χ4n) is 3.46. The van der Waals surface area contributed by atoms with E-state index < -0.39 is 6.17 Å². The van der Waals surface area contributed by atoms with Crippen molar-refractivity contribution in [2.24, 2.45) is 4.99 Å². The third kappa shape index (κ3) is 3.52. The predicted molar refractivity (Wildman–Crippen MR) is 102 cm³/mol. The molecule has 2 N–H and O–H groups in total. The first-order chi connectivity index (χ1) is 13.2. The van der Waals surface area contributed by atoms with E-state index in [1.807, 2.05) is 24.3 Å². The molecule has 1 fully saturated rings. The molecule has 2 aliphatic heterocycles. The zero-order chi connectivity index (χ0) is 18.8. The largest absolute Gasteiger partial charge is 0.496 e. The molecule has 0 radical (unpaired) electrons. The zero-order valence-electron chi connectivity index (χ0n) is 15.4. The van der Waals surface area contributed by atoms with Crippen LogP contribution in [-0.2, 0) is 4.74 Å². The van der Waals surface area contributed by atoms with Gasteiger partial charge in [0, 0.05) is 23.9 Å². The molecule has 8 nitrogen and oxygen atoms in total. The van der Waals surface area contributed by atoms with Crippen LogP contribution in [0.4, 0.5) is 5.95 Å². The van der Waals surface area contributed by atoms with Crippen LogP contribution in [0.25, 0.3) is 0 Å². The number of guanidine groups is 1. The van der Waals surface area contributed by atoms with Crippen LogP contribution in [0.15, 0.2) is 40.1 Å². The van der Waals surface area contributed by atoms with Crippen LogP contribution >= 0.6 is 0 Å². The predicted octanol–water partition coefficient (Wildman–Crippen LogP) is 1.66. The van der Waals surface area contributed by atoms with E-state index in [1.54, 1.807) is 18.6 Å². The molecule has 3 heterocycles. The zero-order valence-corrected chi connectivity index (χ0v) is 15.4. The quantitative estimate of drug-likeness (QED) is 0.852. The third-order valence-electron chi connectivity index (χ3n) is 4.75. The van der Waals surface area contributed by atoms with Crippen LogP contribution in [0.1, 0.15) is 30.3 Å². The molecule has 27 heavy (non-hydrogen) atoms. The molecule has 0 bridgehead atoms. The number of nitrogens with zero attached hydrogens (tertiary/aromatic N) is 3. The van der Waals surface area contributed by atoms with Gasteiger partial charge in [0.05, 0.1) is 19.8 Å². The number of rotatable bonds is 4. The van der Waals surface area contributed by atoms with Crippen molar-refractivity contribution < 1.29 is 9.47 Å². The average molecular weight is 369 g/mol. The highest BCUT2D eigenvalue weighted by Crippen LogP contribution is 2.28. The normalized spacial score (nSPS) is 22.8. The maximum absolute atomic E-state index is 12.7. The number of aliphatic imine (C=N–C) groups is 1. The Bertz CT molecular complexity index is 918. The monoisotopic (exact) mass is 369 g/mol. The highest BCUT2D eigenvalue weighted by Gasteiger charge is 2.28. The lowest BCUT2D eigenvalue weighted by atomic mass is 10.1. The van der Waals surface area contributed by atoms with Crippen molar-refractivity contribution in [3.05, 3.63) is 51.9 Å². The van der Waals surface area contributed by atoms with Gasteiger partial charge in [0.1, 0.15) is 11.9 Å². The Morgan fingerprint density at radius 1 is 1.41 bits per heavy atom. The molecule has 142 valence electrons.